The summed E-state index contributed by atoms with van der Waals surface area (Å²) >= 11 is 1.59. The molecular weight excluding hydrogens is 308 g/mol. The predicted molar refractivity (Wildman–Crippen MR) is 88.8 cm³/mol. The maximum absolute atomic E-state index is 9.53. The fourth-order valence-electron chi connectivity index (χ4n) is 2.52. The van der Waals surface area contributed by atoms with Gasteiger partial charge in [0.2, 0.25) is 4.96 Å². The SMILES string of the molecule is CC(C)Oc1ccc(-c2nc3sc(C4CC4)nn3c2C#N)cc1. The second kappa shape index (κ2) is 5.36. The molecule has 2 aromatic heterocycles. The average Bonchev–Trinajstić information content (AvgIpc) is 3.20. The molecule has 0 amide bonds. The van der Waals surface area contributed by atoms with Crippen LogP contribution in [0.25, 0.3) is 16.2 Å². The second-order valence-electron chi connectivity index (χ2n) is 6.02. The molecule has 0 radical (unpaired) electrons. The molecular formula is C17H16N4OS. The molecule has 0 bridgehead atoms. The molecule has 3 aromatic rings. The highest BCUT2D eigenvalue weighted by atomic mass is 32.1. The van der Waals surface area contributed by atoms with E-state index in [1.165, 1.54) is 12.8 Å². The van der Waals surface area contributed by atoms with E-state index < -0.39 is 0 Å². The topological polar surface area (TPSA) is 63.2 Å². The van der Waals surface area contributed by atoms with Crippen LogP contribution in [-0.2, 0) is 0 Å². The fraction of sp³-hybridized carbons (Fsp3) is 0.353. The van der Waals surface area contributed by atoms with E-state index in [-0.39, 0.29) is 6.10 Å². The van der Waals surface area contributed by atoms with E-state index in [9.17, 15) is 5.26 Å². The summed E-state index contributed by atoms with van der Waals surface area (Å²) in [4.78, 5) is 5.42. The van der Waals surface area contributed by atoms with E-state index in [0.29, 0.717) is 17.3 Å². The molecule has 1 saturated carbocycles. The van der Waals surface area contributed by atoms with Crippen molar-refractivity contribution in [2.75, 3.05) is 0 Å². The van der Waals surface area contributed by atoms with Gasteiger partial charge in [-0.25, -0.2) is 4.98 Å². The van der Waals surface area contributed by atoms with Crippen LogP contribution in [0.4, 0.5) is 0 Å². The molecule has 6 heteroatoms. The highest BCUT2D eigenvalue weighted by molar-refractivity contribution is 7.16. The minimum atomic E-state index is 0.138. The first-order chi connectivity index (χ1) is 11.2. The Morgan fingerprint density at radius 1 is 1.30 bits per heavy atom. The molecule has 0 unspecified atom stereocenters. The quantitative estimate of drug-likeness (QED) is 0.728. The van der Waals surface area contributed by atoms with Crippen molar-refractivity contribution in [1.29, 1.82) is 5.26 Å². The average molecular weight is 324 g/mol. The van der Waals surface area contributed by atoms with E-state index in [2.05, 4.69) is 16.2 Å². The Hall–Kier alpha value is -2.39. The molecule has 4 rings (SSSR count). The van der Waals surface area contributed by atoms with E-state index >= 15 is 0 Å². The molecule has 1 fully saturated rings. The third-order valence-electron chi connectivity index (χ3n) is 3.75. The molecule has 23 heavy (non-hydrogen) atoms. The van der Waals surface area contributed by atoms with Crippen LogP contribution in [0.2, 0.25) is 0 Å². The van der Waals surface area contributed by atoms with Gasteiger partial charge in [-0.3, -0.25) is 0 Å². The number of rotatable bonds is 4. The molecule has 0 aliphatic heterocycles. The van der Waals surface area contributed by atoms with Crippen LogP contribution in [0, 0.1) is 11.3 Å². The van der Waals surface area contributed by atoms with E-state index in [0.717, 1.165) is 21.3 Å². The summed E-state index contributed by atoms with van der Waals surface area (Å²) in [6.07, 6.45) is 2.53. The molecule has 1 aromatic carbocycles. The minimum absolute atomic E-state index is 0.138. The maximum Gasteiger partial charge on any atom is 0.214 e. The highest BCUT2D eigenvalue weighted by Crippen LogP contribution is 2.42. The molecule has 0 atom stereocenters. The number of fused-ring (bicyclic) bond motifs is 1. The molecule has 1 aliphatic carbocycles. The first kappa shape index (κ1) is 14.2. The molecule has 2 heterocycles. The van der Waals surface area contributed by atoms with Gasteiger partial charge in [-0.05, 0) is 51.0 Å². The van der Waals surface area contributed by atoms with Crippen molar-refractivity contribution in [3.05, 3.63) is 35.0 Å². The largest absolute Gasteiger partial charge is 0.491 e. The molecule has 5 nitrogen and oxygen atoms in total. The number of benzene rings is 1. The van der Waals surface area contributed by atoms with Crippen molar-refractivity contribution in [2.45, 2.75) is 38.7 Å². The Morgan fingerprint density at radius 2 is 2.04 bits per heavy atom. The normalized spacial score (nSPS) is 14.3. The lowest BCUT2D eigenvalue weighted by Gasteiger charge is -2.09. The molecule has 0 saturated heterocycles. The number of hydrogen-bond donors (Lipinski definition) is 0. The van der Waals surface area contributed by atoms with Crippen LogP contribution in [0.5, 0.6) is 5.75 Å². The lowest BCUT2D eigenvalue weighted by Crippen LogP contribution is -2.05. The van der Waals surface area contributed by atoms with Crippen LogP contribution >= 0.6 is 11.3 Å². The summed E-state index contributed by atoms with van der Waals surface area (Å²) in [5.74, 6) is 1.39. The summed E-state index contributed by atoms with van der Waals surface area (Å²) in [7, 11) is 0. The highest BCUT2D eigenvalue weighted by Gasteiger charge is 2.29. The standard InChI is InChI=1S/C17H16N4OS/c1-10(2)22-13-7-5-11(6-8-13)15-14(9-18)21-17(19-15)23-16(20-21)12-3-4-12/h5-8,10,12H,3-4H2,1-2H3. The summed E-state index contributed by atoms with van der Waals surface area (Å²) in [6.45, 7) is 3.99. The lowest BCUT2D eigenvalue weighted by atomic mass is 10.1. The fourth-order valence-corrected chi connectivity index (χ4v) is 3.59. The van der Waals surface area contributed by atoms with Crippen LogP contribution in [0.1, 0.15) is 43.3 Å². The monoisotopic (exact) mass is 324 g/mol. The minimum Gasteiger partial charge on any atom is -0.491 e. The van der Waals surface area contributed by atoms with Gasteiger partial charge in [0.25, 0.3) is 0 Å². The van der Waals surface area contributed by atoms with Gasteiger partial charge >= 0.3 is 0 Å². The number of nitriles is 1. The first-order valence-electron chi connectivity index (χ1n) is 7.72. The van der Waals surface area contributed by atoms with Crippen molar-refractivity contribution in [2.24, 2.45) is 0 Å². The molecule has 0 spiro atoms. The van der Waals surface area contributed by atoms with Crippen molar-refractivity contribution in [1.82, 2.24) is 14.6 Å². The number of hydrogen-bond acceptors (Lipinski definition) is 5. The van der Waals surface area contributed by atoms with Crippen molar-refractivity contribution >= 4 is 16.3 Å². The molecule has 1 aliphatic rings. The van der Waals surface area contributed by atoms with E-state index in [1.807, 2.05) is 38.1 Å². The van der Waals surface area contributed by atoms with Crippen LogP contribution in [0.15, 0.2) is 24.3 Å². The predicted octanol–water partition coefficient (Wildman–Crippen LogP) is 3.99. The number of aromatic nitrogens is 3. The number of nitrogens with zero attached hydrogens (tertiary/aromatic N) is 4. The van der Waals surface area contributed by atoms with Gasteiger partial charge < -0.3 is 4.74 Å². The van der Waals surface area contributed by atoms with Gasteiger partial charge in [0.15, 0.2) is 5.69 Å². The molecule has 116 valence electrons. The number of ether oxygens (including phenoxy) is 1. The van der Waals surface area contributed by atoms with Gasteiger partial charge in [0.1, 0.15) is 22.5 Å². The Bertz CT molecular complexity index is 897. The Kier molecular flexibility index (Phi) is 3.31. The van der Waals surface area contributed by atoms with Gasteiger partial charge in [0.05, 0.1) is 6.10 Å². The first-order valence-corrected chi connectivity index (χ1v) is 8.54. The zero-order valence-corrected chi connectivity index (χ0v) is 13.8. The summed E-state index contributed by atoms with van der Waals surface area (Å²) in [5, 5.41) is 15.2. The second-order valence-corrected chi connectivity index (χ2v) is 7.01. The van der Waals surface area contributed by atoms with Crippen LogP contribution < -0.4 is 4.74 Å². The Labute approximate surface area is 138 Å². The van der Waals surface area contributed by atoms with E-state index in [4.69, 9.17) is 4.74 Å². The molecule has 0 N–H and O–H groups in total. The third-order valence-corrected chi connectivity index (χ3v) is 4.82. The van der Waals surface area contributed by atoms with Gasteiger partial charge in [-0.1, -0.05) is 11.3 Å². The smallest absolute Gasteiger partial charge is 0.214 e. The summed E-state index contributed by atoms with van der Waals surface area (Å²) in [5.41, 5.74) is 2.09. The Balaban J connectivity index is 1.73. The third kappa shape index (κ3) is 2.57. The van der Waals surface area contributed by atoms with Crippen LogP contribution in [0.3, 0.4) is 0 Å². The van der Waals surface area contributed by atoms with Crippen molar-refractivity contribution < 1.29 is 4.74 Å². The van der Waals surface area contributed by atoms with Crippen LogP contribution in [-0.4, -0.2) is 20.7 Å². The summed E-state index contributed by atoms with van der Waals surface area (Å²) in [6, 6.07) is 9.94. The zero-order chi connectivity index (χ0) is 16.0. The lowest BCUT2D eigenvalue weighted by molar-refractivity contribution is 0.242. The summed E-state index contributed by atoms with van der Waals surface area (Å²) < 4.78 is 7.34. The maximum atomic E-state index is 9.53. The van der Waals surface area contributed by atoms with E-state index in [1.54, 1.807) is 15.9 Å². The van der Waals surface area contributed by atoms with Gasteiger partial charge in [-0.2, -0.15) is 14.9 Å². The van der Waals surface area contributed by atoms with Crippen molar-refractivity contribution in [3.63, 3.8) is 0 Å². The Morgan fingerprint density at radius 3 is 2.65 bits per heavy atom. The van der Waals surface area contributed by atoms with Gasteiger partial charge in [0, 0.05) is 11.5 Å². The van der Waals surface area contributed by atoms with Gasteiger partial charge in [-0.15, -0.1) is 0 Å². The zero-order valence-electron chi connectivity index (χ0n) is 13.0. The number of imidazole rings is 1. The van der Waals surface area contributed by atoms with Crippen molar-refractivity contribution in [3.8, 4) is 23.1 Å².